The van der Waals surface area contributed by atoms with E-state index in [2.05, 4.69) is 46.6 Å². The van der Waals surface area contributed by atoms with Gasteiger partial charge in [0.15, 0.2) is 0 Å². The Bertz CT molecular complexity index is 613. The van der Waals surface area contributed by atoms with E-state index in [1.54, 1.807) is 0 Å². The summed E-state index contributed by atoms with van der Waals surface area (Å²) in [6.45, 7) is 3.02. The van der Waals surface area contributed by atoms with Gasteiger partial charge in [-0.25, -0.2) is 0 Å². The van der Waals surface area contributed by atoms with Crippen LogP contribution in [0.25, 0.3) is 0 Å². The van der Waals surface area contributed by atoms with E-state index >= 15 is 0 Å². The van der Waals surface area contributed by atoms with Gasteiger partial charge in [-0.2, -0.15) is 5.26 Å². The summed E-state index contributed by atoms with van der Waals surface area (Å²) in [4.78, 5) is 2.43. The molecule has 106 valence electrons. The summed E-state index contributed by atoms with van der Waals surface area (Å²) in [5.74, 6) is 0. The Morgan fingerprint density at radius 3 is 2.57 bits per heavy atom. The van der Waals surface area contributed by atoms with Gasteiger partial charge in [-0.3, -0.25) is 0 Å². The molecule has 1 unspecified atom stereocenters. The van der Waals surface area contributed by atoms with E-state index < -0.39 is 0 Å². The van der Waals surface area contributed by atoms with Crippen molar-refractivity contribution in [2.24, 2.45) is 0 Å². The number of nitriles is 1. The predicted molar refractivity (Wildman–Crippen MR) is 85.1 cm³/mol. The molecule has 0 bridgehead atoms. The average molecular weight is 277 g/mol. The normalized spacial score (nSPS) is 17.7. The summed E-state index contributed by atoms with van der Waals surface area (Å²) in [7, 11) is 0. The van der Waals surface area contributed by atoms with E-state index in [1.807, 2.05) is 24.3 Å². The molecule has 1 fully saturated rings. The third-order valence-corrected chi connectivity index (χ3v) is 3.99. The molecule has 0 amide bonds. The molecule has 1 aliphatic heterocycles. The van der Waals surface area contributed by atoms with Crippen LogP contribution in [0.5, 0.6) is 0 Å². The van der Waals surface area contributed by atoms with Crippen LogP contribution in [-0.2, 0) is 6.54 Å². The molecular weight excluding hydrogens is 258 g/mol. The van der Waals surface area contributed by atoms with Crippen LogP contribution in [0.3, 0.4) is 0 Å². The van der Waals surface area contributed by atoms with E-state index in [-0.39, 0.29) is 0 Å². The molecule has 1 heterocycles. The molecule has 0 radical (unpaired) electrons. The zero-order valence-corrected chi connectivity index (χ0v) is 12.0. The lowest BCUT2D eigenvalue weighted by Crippen LogP contribution is -2.32. The molecule has 2 aromatic rings. The SMILES string of the molecule is N#Cc1ccc(CNC2CCN(c3ccccc3)C2)cc1. The summed E-state index contributed by atoms with van der Waals surface area (Å²) in [5, 5.41) is 12.4. The molecule has 1 atom stereocenters. The van der Waals surface area contributed by atoms with Crippen molar-refractivity contribution >= 4 is 5.69 Å². The molecule has 3 rings (SSSR count). The third kappa shape index (κ3) is 3.42. The second-order valence-corrected chi connectivity index (χ2v) is 5.46. The smallest absolute Gasteiger partial charge is 0.0991 e. The van der Waals surface area contributed by atoms with Crippen LogP contribution in [0.4, 0.5) is 5.69 Å². The number of nitrogens with one attached hydrogen (secondary N) is 1. The Morgan fingerprint density at radius 1 is 1.10 bits per heavy atom. The van der Waals surface area contributed by atoms with E-state index in [9.17, 15) is 0 Å². The number of nitrogens with zero attached hydrogens (tertiary/aromatic N) is 2. The fourth-order valence-corrected chi connectivity index (χ4v) is 2.76. The number of rotatable bonds is 4. The maximum Gasteiger partial charge on any atom is 0.0991 e. The molecule has 0 saturated carbocycles. The highest BCUT2D eigenvalue weighted by Gasteiger charge is 2.21. The molecule has 2 aromatic carbocycles. The number of hydrogen-bond acceptors (Lipinski definition) is 3. The van der Waals surface area contributed by atoms with Gasteiger partial charge in [0.1, 0.15) is 0 Å². The summed E-state index contributed by atoms with van der Waals surface area (Å²) >= 11 is 0. The first-order chi connectivity index (χ1) is 10.3. The second kappa shape index (κ2) is 6.43. The van der Waals surface area contributed by atoms with Gasteiger partial charge in [0, 0.05) is 31.4 Å². The van der Waals surface area contributed by atoms with Gasteiger partial charge >= 0.3 is 0 Å². The number of hydrogen-bond donors (Lipinski definition) is 1. The van der Waals surface area contributed by atoms with E-state index in [4.69, 9.17) is 5.26 Å². The highest BCUT2D eigenvalue weighted by atomic mass is 15.2. The van der Waals surface area contributed by atoms with Crippen molar-refractivity contribution < 1.29 is 0 Å². The fourth-order valence-electron chi connectivity index (χ4n) is 2.76. The Labute approximate surface area is 125 Å². The maximum atomic E-state index is 8.80. The standard InChI is InChI=1S/C18H19N3/c19-12-15-6-8-16(9-7-15)13-20-17-10-11-21(14-17)18-4-2-1-3-5-18/h1-9,17,20H,10-11,13-14H2. The Balaban J connectivity index is 1.52. The monoisotopic (exact) mass is 277 g/mol. The Hall–Kier alpha value is -2.31. The molecule has 3 nitrogen and oxygen atoms in total. The van der Waals surface area contributed by atoms with Crippen molar-refractivity contribution in [1.82, 2.24) is 5.32 Å². The van der Waals surface area contributed by atoms with Gasteiger partial charge in [-0.15, -0.1) is 0 Å². The van der Waals surface area contributed by atoms with Crippen LogP contribution in [0.1, 0.15) is 17.5 Å². The van der Waals surface area contributed by atoms with Crippen LogP contribution in [0, 0.1) is 11.3 Å². The van der Waals surface area contributed by atoms with Crippen molar-refractivity contribution in [2.45, 2.75) is 19.0 Å². The van der Waals surface area contributed by atoms with Gasteiger partial charge < -0.3 is 10.2 Å². The third-order valence-electron chi connectivity index (χ3n) is 3.99. The fraction of sp³-hybridized carbons (Fsp3) is 0.278. The van der Waals surface area contributed by atoms with Gasteiger partial charge in [0.05, 0.1) is 11.6 Å². The minimum atomic E-state index is 0.529. The first-order valence-corrected chi connectivity index (χ1v) is 7.37. The van der Waals surface area contributed by atoms with Crippen LogP contribution in [0.2, 0.25) is 0 Å². The van der Waals surface area contributed by atoms with Crippen molar-refractivity contribution in [2.75, 3.05) is 18.0 Å². The topological polar surface area (TPSA) is 39.1 Å². The van der Waals surface area contributed by atoms with Crippen molar-refractivity contribution in [3.63, 3.8) is 0 Å². The van der Waals surface area contributed by atoms with Gasteiger partial charge in [-0.1, -0.05) is 30.3 Å². The molecule has 1 N–H and O–H groups in total. The zero-order valence-electron chi connectivity index (χ0n) is 12.0. The zero-order chi connectivity index (χ0) is 14.5. The summed E-state index contributed by atoms with van der Waals surface area (Å²) in [6.07, 6.45) is 1.17. The number of para-hydroxylation sites is 1. The average Bonchev–Trinajstić information content (AvgIpc) is 3.03. The molecular formula is C18H19N3. The van der Waals surface area contributed by atoms with Crippen molar-refractivity contribution in [3.8, 4) is 6.07 Å². The molecule has 0 aromatic heterocycles. The van der Waals surface area contributed by atoms with Crippen LogP contribution < -0.4 is 10.2 Å². The lowest BCUT2D eigenvalue weighted by Gasteiger charge is -2.19. The number of benzene rings is 2. The second-order valence-electron chi connectivity index (χ2n) is 5.46. The lowest BCUT2D eigenvalue weighted by molar-refractivity contribution is 0.551. The van der Waals surface area contributed by atoms with Gasteiger partial charge in [0.2, 0.25) is 0 Å². The minimum Gasteiger partial charge on any atom is -0.370 e. The molecule has 1 saturated heterocycles. The van der Waals surface area contributed by atoms with Crippen LogP contribution in [0.15, 0.2) is 54.6 Å². The molecule has 0 spiro atoms. The first kappa shape index (κ1) is 13.7. The molecule has 0 aliphatic carbocycles. The predicted octanol–water partition coefficient (Wildman–Crippen LogP) is 2.93. The largest absolute Gasteiger partial charge is 0.370 e. The summed E-state index contributed by atoms with van der Waals surface area (Å²) in [5.41, 5.74) is 3.25. The highest BCUT2D eigenvalue weighted by molar-refractivity contribution is 5.47. The summed E-state index contributed by atoms with van der Waals surface area (Å²) in [6, 6.07) is 21.1. The molecule has 21 heavy (non-hydrogen) atoms. The van der Waals surface area contributed by atoms with Crippen LogP contribution in [-0.4, -0.2) is 19.1 Å². The quantitative estimate of drug-likeness (QED) is 0.934. The van der Waals surface area contributed by atoms with Gasteiger partial charge in [-0.05, 0) is 36.2 Å². The van der Waals surface area contributed by atoms with Gasteiger partial charge in [0.25, 0.3) is 0 Å². The van der Waals surface area contributed by atoms with E-state index in [1.165, 1.54) is 17.7 Å². The van der Waals surface area contributed by atoms with Crippen molar-refractivity contribution in [3.05, 3.63) is 65.7 Å². The minimum absolute atomic E-state index is 0.529. The van der Waals surface area contributed by atoms with Crippen molar-refractivity contribution in [1.29, 1.82) is 5.26 Å². The van der Waals surface area contributed by atoms with E-state index in [0.29, 0.717) is 6.04 Å². The number of anilines is 1. The highest BCUT2D eigenvalue weighted by Crippen LogP contribution is 2.19. The molecule has 1 aliphatic rings. The Morgan fingerprint density at radius 2 is 1.86 bits per heavy atom. The Kier molecular flexibility index (Phi) is 4.18. The maximum absolute atomic E-state index is 8.80. The van der Waals surface area contributed by atoms with Crippen LogP contribution >= 0.6 is 0 Å². The lowest BCUT2D eigenvalue weighted by atomic mass is 10.1. The summed E-state index contributed by atoms with van der Waals surface area (Å²) < 4.78 is 0. The molecule has 3 heteroatoms. The first-order valence-electron chi connectivity index (χ1n) is 7.37. The van der Waals surface area contributed by atoms with E-state index in [0.717, 1.165) is 25.2 Å².